The highest BCUT2D eigenvalue weighted by Crippen LogP contribution is 2.19. The second-order valence-electron chi connectivity index (χ2n) is 4.84. The van der Waals surface area contributed by atoms with Gasteiger partial charge in [0.1, 0.15) is 0 Å². The van der Waals surface area contributed by atoms with E-state index in [1.165, 1.54) is 5.39 Å². The first kappa shape index (κ1) is 14.0. The van der Waals surface area contributed by atoms with Crippen molar-refractivity contribution in [3.8, 4) is 0 Å². The van der Waals surface area contributed by atoms with Crippen LogP contribution in [0.5, 0.6) is 0 Å². The van der Waals surface area contributed by atoms with Crippen molar-refractivity contribution in [3.63, 3.8) is 0 Å². The largest absolute Gasteiger partial charge is 0.392 e. The highest BCUT2D eigenvalue weighted by Gasteiger charge is 2.08. The van der Waals surface area contributed by atoms with Crippen molar-refractivity contribution >= 4 is 10.8 Å². The zero-order valence-corrected chi connectivity index (χ0v) is 11.2. The molecule has 0 aliphatic carbocycles. The molecule has 0 aromatic heterocycles. The lowest BCUT2D eigenvalue weighted by molar-refractivity contribution is 0.144. The Balaban J connectivity index is 1.99. The summed E-state index contributed by atoms with van der Waals surface area (Å²) in [5, 5.41) is 24.9. The van der Waals surface area contributed by atoms with Crippen LogP contribution < -0.4 is 5.32 Å². The molecule has 2 aromatic carbocycles. The van der Waals surface area contributed by atoms with Crippen LogP contribution in [0.1, 0.15) is 25.0 Å². The maximum Gasteiger partial charge on any atom is 0.0914 e. The quantitative estimate of drug-likeness (QED) is 0.745. The highest BCUT2D eigenvalue weighted by molar-refractivity contribution is 5.83. The van der Waals surface area contributed by atoms with E-state index < -0.39 is 6.10 Å². The van der Waals surface area contributed by atoms with Gasteiger partial charge in [0.05, 0.1) is 12.2 Å². The molecule has 2 unspecified atom stereocenters. The summed E-state index contributed by atoms with van der Waals surface area (Å²) in [6, 6.07) is 14.1. The van der Waals surface area contributed by atoms with Gasteiger partial charge in [0.2, 0.25) is 0 Å². The first-order chi connectivity index (χ1) is 9.20. The molecular formula is C16H21NO2. The number of benzene rings is 2. The van der Waals surface area contributed by atoms with Gasteiger partial charge in [-0.1, -0.05) is 43.3 Å². The first-order valence-electron chi connectivity index (χ1n) is 6.76. The van der Waals surface area contributed by atoms with Gasteiger partial charge in [0.15, 0.2) is 0 Å². The molecule has 0 fully saturated rings. The number of aliphatic hydroxyl groups is 2. The molecule has 2 atom stereocenters. The number of fused-ring (bicyclic) bond motifs is 1. The molecule has 2 aromatic rings. The van der Waals surface area contributed by atoms with Crippen LogP contribution >= 0.6 is 0 Å². The number of hydrogen-bond donors (Lipinski definition) is 3. The molecule has 0 aliphatic rings. The van der Waals surface area contributed by atoms with E-state index in [0.29, 0.717) is 13.1 Å². The molecule has 3 nitrogen and oxygen atoms in total. The van der Waals surface area contributed by atoms with E-state index in [-0.39, 0.29) is 6.10 Å². The number of nitrogens with one attached hydrogen (secondary N) is 1. The summed E-state index contributed by atoms with van der Waals surface area (Å²) in [4.78, 5) is 0. The molecule has 0 heterocycles. The SMILES string of the molecule is CCC(O)CNCC(O)c1ccc2ccccc2c1. The van der Waals surface area contributed by atoms with E-state index in [2.05, 4.69) is 11.4 Å². The molecule has 0 amide bonds. The van der Waals surface area contributed by atoms with E-state index in [1.807, 2.05) is 43.3 Å². The zero-order chi connectivity index (χ0) is 13.7. The molecule has 0 spiro atoms. The Morgan fingerprint density at radius 3 is 2.47 bits per heavy atom. The average Bonchev–Trinajstić information content (AvgIpc) is 2.46. The van der Waals surface area contributed by atoms with Gasteiger partial charge in [0.25, 0.3) is 0 Å². The van der Waals surface area contributed by atoms with E-state index in [1.54, 1.807) is 0 Å². The fraction of sp³-hybridized carbons (Fsp3) is 0.375. The van der Waals surface area contributed by atoms with Gasteiger partial charge >= 0.3 is 0 Å². The molecule has 2 rings (SSSR count). The molecule has 19 heavy (non-hydrogen) atoms. The number of rotatable bonds is 6. The predicted octanol–water partition coefficient (Wildman–Crippen LogP) is 2.23. The summed E-state index contributed by atoms with van der Waals surface area (Å²) >= 11 is 0. The third kappa shape index (κ3) is 3.77. The van der Waals surface area contributed by atoms with E-state index in [9.17, 15) is 10.2 Å². The van der Waals surface area contributed by atoms with E-state index in [4.69, 9.17) is 0 Å². The number of aliphatic hydroxyl groups excluding tert-OH is 2. The molecule has 102 valence electrons. The Bertz CT molecular complexity index is 527. The summed E-state index contributed by atoms with van der Waals surface area (Å²) < 4.78 is 0. The van der Waals surface area contributed by atoms with Crippen molar-refractivity contribution in [2.75, 3.05) is 13.1 Å². The third-order valence-corrected chi connectivity index (χ3v) is 3.35. The first-order valence-corrected chi connectivity index (χ1v) is 6.76. The van der Waals surface area contributed by atoms with Crippen molar-refractivity contribution < 1.29 is 10.2 Å². The van der Waals surface area contributed by atoms with Crippen LogP contribution in [0.15, 0.2) is 42.5 Å². The minimum Gasteiger partial charge on any atom is -0.392 e. The van der Waals surface area contributed by atoms with Crippen LogP contribution in [0.4, 0.5) is 0 Å². The van der Waals surface area contributed by atoms with Gasteiger partial charge < -0.3 is 15.5 Å². The van der Waals surface area contributed by atoms with Crippen LogP contribution in [-0.4, -0.2) is 29.4 Å². The maximum absolute atomic E-state index is 10.1. The third-order valence-electron chi connectivity index (χ3n) is 3.35. The van der Waals surface area contributed by atoms with Crippen LogP contribution in [0.2, 0.25) is 0 Å². The van der Waals surface area contributed by atoms with Crippen molar-refractivity contribution in [2.45, 2.75) is 25.6 Å². The molecule has 0 bridgehead atoms. The van der Waals surface area contributed by atoms with Crippen molar-refractivity contribution in [1.82, 2.24) is 5.32 Å². The topological polar surface area (TPSA) is 52.5 Å². The summed E-state index contributed by atoms with van der Waals surface area (Å²) in [5.74, 6) is 0. The smallest absolute Gasteiger partial charge is 0.0914 e. The van der Waals surface area contributed by atoms with Crippen LogP contribution in [0.3, 0.4) is 0 Å². The molecule has 0 aliphatic heterocycles. The van der Waals surface area contributed by atoms with Crippen molar-refractivity contribution in [2.24, 2.45) is 0 Å². The lowest BCUT2D eigenvalue weighted by Gasteiger charge is -2.14. The predicted molar refractivity (Wildman–Crippen MR) is 78.1 cm³/mol. The Labute approximate surface area is 113 Å². The second kappa shape index (κ2) is 6.66. The van der Waals surface area contributed by atoms with Crippen molar-refractivity contribution in [3.05, 3.63) is 48.0 Å². The maximum atomic E-state index is 10.1. The fourth-order valence-electron chi connectivity index (χ4n) is 2.06. The molecule has 0 saturated heterocycles. The van der Waals surface area contributed by atoms with Crippen LogP contribution in [0, 0.1) is 0 Å². The van der Waals surface area contributed by atoms with Gasteiger partial charge in [-0.3, -0.25) is 0 Å². The van der Waals surface area contributed by atoms with E-state index in [0.717, 1.165) is 17.4 Å². The van der Waals surface area contributed by atoms with Gasteiger partial charge in [-0.2, -0.15) is 0 Å². The Hall–Kier alpha value is -1.42. The number of hydrogen-bond acceptors (Lipinski definition) is 3. The lowest BCUT2D eigenvalue weighted by atomic mass is 10.0. The fourth-order valence-corrected chi connectivity index (χ4v) is 2.06. The second-order valence-corrected chi connectivity index (χ2v) is 4.84. The van der Waals surface area contributed by atoms with Gasteiger partial charge in [-0.15, -0.1) is 0 Å². The van der Waals surface area contributed by atoms with Gasteiger partial charge in [-0.25, -0.2) is 0 Å². The standard InChI is InChI=1S/C16H21NO2/c1-2-15(18)10-17-11-16(19)14-8-7-12-5-3-4-6-13(12)9-14/h3-9,15-19H,2,10-11H2,1H3. The lowest BCUT2D eigenvalue weighted by Crippen LogP contribution is -2.29. The van der Waals surface area contributed by atoms with Crippen LogP contribution in [-0.2, 0) is 0 Å². The Morgan fingerprint density at radius 2 is 1.74 bits per heavy atom. The summed E-state index contributed by atoms with van der Waals surface area (Å²) in [7, 11) is 0. The van der Waals surface area contributed by atoms with Crippen molar-refractivity contribution in [1.29, 1.82) is 0 Å². The summed E-state index contributed by atoms with van der Waals surface area (Å²) in [6.45, 7) is 2.91. The monoisotopic (exact) mass is 259 g/mol. The molecule has 3 heteroatoms. The molecule has 3 N–H and O–H groups in total. The summed E-state index contributed by atoms with van der Waals surface area (Å²) in [6.07, 6.45) is -0.170. The zero-order valence-electron chi connectivity index (χ0n) is 11.2. The van der Waals surface area contributed by atoms with E-state index >= 15 is 0 Å². The molecule has 0 radical (unpaired) electrons. The normalized spacial score (nSPS) is 14.5. The molecule has 0 saturated carbocycles. The summed E-state index contributed by atoms with van der Waals surface area (Å²) in [5.41, 5.74) is 0.900. The van der Waals surface area contributed by atoms with Gasteiger partial charge in [0, 0.05) is 13.1 Å². The minimum atomic E-state index is -0.548. The minimum absolute atomic E-state index is 0.344. The molecular weight excluding hydrogens is 238 g/mol. The van der Waals surface area contributed by atoms with Gasteiger partial charge in [-0.05, 0) is 28.8 Å². The highest BCUT2D eigenvalue weighted by atomic mass is 16.3. The van der Waals surface area contributed by atoms with Crippen LogP contribution in [0.25, 0.3) is 10.8 Å². The Morgan fingerprint density at radius 1 is 1.00 bits per heavy atom. The average molecular weight is 259 g/mol. The Kier molecular flexibility index (Phi) is 4.91.